The van der Waals surface area contributed by atoms with Crippen LogP contribution in [0.1, 0.15) is 399 Å². The summed E-state index contributed by atoms with van der Waals surface area (Å²) < 4.78 is 0. The molecule has 3 aromatic rings. The molecule has 3 aromatic carbocycles. The zero-order valence-electron chi connectivity index (χ0n) is 56.8. The van der Waals surface area contributed by atoms with Crippen LogP contribution < -0.4 is 0 Å². The van der Waals surface area contributed by atoms with Crippen LogP contribution in [0.4, 0.5) is 0 Å². The van der Waals surface area contributed by atoms with Gasteiger partial charge in [-0.2, -0.15) is 0 Å². The third kappa shape index (κ3) is 36.5. The molecule has 2 atom stereocenters. The van der Waals surface area contributed by atoms with Crippen molar-refractivity contribution in [3.63, 3.8) is 0 Å². The number of aryl methyl sites for hydroxylation is 2. The summed E-state index contributed by atoms with van der Waals surface area (Å²) in [4.78, 5) is 0. The van der Waals surface area contributed by atoms with Crippen LogP contribution in [-0.2, 0) is 57.8 Å². The third-order valence-electron chi connectivity index (χ3n) is 18.8. The molecular weight excluding hydrogens is 1000 g/mol. The first kappa shape index (κ1) is 74.8. The summed E-state index contributed by atoms with van der Waals surface area (Å²) in [6, 6.07) is 18.1. The third-order valence-corrected chi connectivity index (χ3v) is 18.8. The van der Waals surface area contributed by atoms with Crippen LogP contribution in [0.5, 0.6) is 0 Å². The predicted octanol–water partition coefficient (Wildman–Crippen LogP) is 25.1. The molecule has 2 N–H and O–H groups in total. The first-order valence-electron chi connectivity index (χ1n) is 37.5. The second kappa shape index (κ2) is 51.6. The lowest BCUT2D eigenvalue weighted by molar-refractivity contribution is 0.160. The molecule has 2 unspecified atom stereocenters. The summed E-state index contributed by atoms with van der Waals surface area (Å²) in [5, 5.41) is 23.3. The summed E-state index contributed by atoms with van der Waals surface area (Å²) in [6.07, 6.45) is 67.3. The van der Waals surface area contributed by atoms with Gasteiger partial charge in [-0.15, -0.1) is 0 Å². The molecule has 476 valence electrons. The standard InChI is InChI=1S/C81H140O2/c1-8-15-22-29-34-39-44-51-69-58-71(62-73(60-69)66-77(82)53-46-37-27-20-13-6)64-75-68-76(65-72-59-70(52-45-40-35-30-23-16-9-2)61-74(63-72)67-78(83)54-47-38-28-21-14-7)80(56-49-42-33-26-19-12-5)81(57-50-43-36-31-24-17-10-3)79(75)55-48-41-32-25-18-11-4/h58-63,68,77-78,82-83H,8-57,64-67H2,1-7H3. The molecule has 2 nitrogen and oxygen atoms in total. The van der Waals surface area contributed by atoms with Gasteiger partial charge < -0.3 is 10.2 Å². The molecular formula is C81H140O2. The highest BCUT2D eigenvalue weighted by molar-refractivity contribution is 5.51. The Morgan fingerprint density at radius 1 is 0.229 bits per heavy atom. The van der Waals surface area contributed by atoms with E-state index in [1.54, 1.807) is 27.8 Å². The number of rotatable bonds is 58. The minimum absolute atomic E-state index is 0.277. The van der Waals surface area contributed by atoms with Crippen molar-refractivity contribution in [2.24, 2.45) is 0 Å². The molecule has 0 aliphatic carbocycles. The van der Waals surface area contributed by atoms with Gasteiger partial charge >= 0.3 is 0 Å². The number of aliphatic hydroxyl groups excluding tert-OH is 2. The maximum Gasteiger partial charge on any atom is 0.0580 e. The smallest absolute Gasteiger partial charge is 0.0580 e. The van der Waals surface area contributed by atoms with E-state index < -0.39 is 0 Å². The molecule has 0 aromatic heterocycles. The topological polar surface area (TPSA) is 40.5 Å². The van der Waals surface area contributed by atoms with Crippen LogP contribution in [0.2, 0.25) is 0 Å². The maximum absolute atomic E-state index is 11.6. The van der Waals surface area contributed by atoms with Crippen molar-refractivity contribution >= 4 is 0 Å². The quantitative estimate of drug-likeness (QED) is 0.0553. The van der Waals surface area contributed by atoms with Gasteiger partial charge in [0, 0.05) is 0 Å². The van der Waals surface area contributed by atoms with E-state index in [1.165, 1.54) is 316 Å². The van der Waals surface area contributed by atoms with Crippen LogP contribution in [0.3, 0.4) is 0 Å². The average Bonchev–Trinajstić information content (AvgIpc) is 3.31. The highest BCUT2D eigenvalue weighted by Gasteiger charge is 2.21. The fourth-order valence-corrected chi connectivity index (χ4v) is 13.8. The molecule has 3 rings (SSSR count). The van der Waals surface area contributed by atoms with E-state index in [-0.39, 0.29) is 12.2 Å². The second-order valence-electron chi connectivity index (χ2n) is 27.1. The normalized spacial score (nSPS) is 12.5. The van der Waals surface area contributed by atoms with Crippen molar-refractivity contribution in [2.75, 3.05) is 0 Å². The van der Waals surface area contributed by atoms with Crippen LogP contribution in [0, 0.1) is 0 Å². The van der Waals surface area contributed by atoms with Crippen molar-refractivity contribution in [2.45, 2.75) is 407 Å². The number of aliphatic hydroxyl groups is 2. The fraction of sp³-hybridized carbons (Fsp3) is 0.778. The molecule has 0 fully saturated rings. The SMILES string of the molecule is CCCCCCCCCc1cc(Cc2cc(Cc3cc(CCCCCCCCC)cc(CC(O)CCCCCCC)c3)c(CCCCCCCC)c(CCCCCCCCC)c2CCCCCCCC)cc(CC(O)CCCCCCC)c1. The van der Waals surface area contributed by atoms with E-state index in [2.05, 4.69) is 90.9 Å². The molecule has 2 heteroatoms. The van der Waals surface area contributed by atoms with Gasteiger partial charge in [0.25, 0.3) is 0 Å². The van der Waals surface area contributed by atoms with E-state index in [4.69, 9.17) is 0 Å². The van der Waals surface area contributed by atoms with Crippen LogP contribution in [0.25, 0.3) is 0 Å². The van der Waals surface area contributed by atoms with Gasteiger partial charge in [-0.05, 0) is 164 Å². The lowest BCUT2D eigenvalue weighted by Gasteiger charge is -2.25. The molecule has 0 saturated heterocycles. The van der Waals surface area contributed by atoms with E-state index in [9.17, 15) is 10.2 Å². The van der Waals surface area contributed by atoms with Gasteiger partial charge in [-0.25, -0.2) is 0 Å². The molecule has 0 aliphatic rings. The van der Waals surface area contributed by atoms with Gasteiger partial charge in [-0.1, -0.05) is 335 Å². The minimum Gasteiger partial charge on any atom is -0.393 e. The number of hydrogen-bond donors (Lipinski definition) is 2. The van der Waals surface area contributed by atoms with E-state index in [0.717, 1.165) is 64.2 Å². The monoisotopic (exact) mass is 1150 g/mol. The lowest BCUT2D eigenvalue weighted by Crippen LogP contribution is -2.13. The predicted molar refractivity (Wildman–Crippen MR) is 370 cm³/mol. The summed E-state index contributed by atoms with van der Waals surface area (Å²) in [6.45, 7) is 16.3. The Balaban J connectivity index is 2.28. The molecule has 0 spiro atoms. The van der Waals surface area contributed by atoms with Crippen molar-refractivity contribution in [3.05, 3.63) is 104 Å². The van der Waals surface area contributed by atoms with E-state index >= 15 is 0 Å². The molecule has 0 aliphatic heterocycles. The molecule has 0 radical (unpaired) electrons. The Kier molecular flexibility index (Phi) is 46.5. The Morgan fingerprint density at radius 2 is 0.458 bits per heavy atom. The zero-order chi connectivity index (χ0) is 59.6. The highest BCUT2D eigenvalue weighted by Crippen LogP contribution is 2.34. The van der Waals surface area contributed by atoms with Gasteiger partial charge in [0.1, 0.15) is 0 Å². The molecule has 0 amide bonds. The van der Waals surface area contributed by atoms with Gasteiger partial charge in [0.05, 0.1) is 12.2 Å². The average molecular weight is 1150 g/mol. The minimum atomic E-state index is -0.277. The number of hydrogen-bond acceptors (Lipinski definition) is 2. The Labute approximate surface area is 518 Å². The maximum atomic E-state index is 11.6. The van der Waals surface area contributed by atoms with E-state index in [1.807, 2.05) is 0 Å². The molecule has 0 bridgehead atoms. The first-order valence-corrected chi connectivity index (χ1v) is 37.5. The second-order valence-corrected chi connectivity index (χ2v) is 27.1. The fourth-order valence-electron chi connectivity index (χ4n) is 13.8. The van der Waals surface area contributed by atoms with Gasteiger partial charge in [0.2, 0.25) is 0 Å². The molecule has 0 saturated carbocycles. The Hall–Kier alpha value is -2.42. The molecule has 83 heavy (non-hydrogen) atoms. The summed E-state index contributed by atoms with van der Waals surface area (Å²) in [5.41, 5.74) is 17.0. The van der Waals surface area contributed by atoms with Gasteiger partial charge in [-0.3, -0.25) is 0 Å². The summed E-state index contributed by atoms with van der Waals surface area (Å²) >= 11 is 0. The number of benzene rings is 3. The number of unbranched alkanes of at least 4 members (excludes halogenated alkanes) is 36. The van der Waals surface area contributed by atoms with Crippen molar-refractivity contribution in [1.82, 2.24) is 0 Å². The molecule has 0 heterocycles. The summed E-state index contributed by atoms with van der Waals surface area (Å²) in [7, 11) is 0. The van der Waals surface area contributed by atoms with Crippen molar-refractivity contribution in [1.29, 1.82) is 0 Å². The first-order chi connectivity index (χ1) is 40.8. The van der Waals surface area contributed by atoms with Crippen LogP contribution >= 0.6 is 0 Å². The largest absolute Gasteiger partial charge is 0.393 e. The Morgan fingerprint density at radius 3 is 0.759 bits per heavy atom. The highest BCUT2D eigenvalue weighted by atomic mass is 16.3. The van der Waals surface area contributed by atoms with Crippen LogP contribution in [0.15, 0.2) is 42.5 Å². The van der Waals surface area contributed by atoms with Crippen LogP contribution in [-0.4, -0.2) is 22.4 Å². The van der Waals surface area contributed by atoms with Crippen molar-refractivity contribution < 1.29 is 10.2 Å². The summed E-state index contributed by atoms with van der Waals surface area (Å²) in [5.74, 6) is 0. The van der Waals surface area contributed by atoms with Crippen molar-refractivity contribution in [3.8, 4) is 0 Å². The van der Waals surface area contributed by atoms with Gasteiger partial charge in [0.15, 0.2) is 0 Å². The zero-order valence-corrected chi connectivity index (χ0v) is 56.8. The van der Waals surface area contributed by atoms with E-state index in [0.29, 0.717) is 0 Å². The lowest BCUT2D eigenvalue weighted by atomic mass is 9.80. The Bertz CT molecular complexity index is 1830.